The minimum absolute atomic E-state index is 0.609. The van der Waals surface area contributed by atoms with Crippen LogP contribution in [-0.4, -0.2) is 41.2 Å². The molecule has 0 bridgehead atoms. The number of benzene rings is 2. The first-order valence-corrected chi connectivity index (χ1v) is 12.7. The quantitative estimate of drug-likeness (QED) is 0.443. The Hall–Kier alpha value is -2.86. The molecule has 1 N–H and O–H groups in total. The van der Waals surface area contributed by atoms with E-state index >= 15 is 0 Å². The van der Waals surface area contributed by atoms with E-state index in [1.54, 1.807) is 6.20 Å². The van der Waals surface area contributed by atoms with Crippen LogP contribution in [0.1, 0.15) is 42.9 Å². The molecule has 0 atom stereocenters. The summed E-state index contributed by atoms with van der Waals surface area (Å²) in [4.78, 5) is 6.93. The summed E-state index contributed by atoms with van der Waals surface area (Å²) in [5.74, 6) is 2.30. The molecule has 0 saturated carbocycles. The van der Waals surface area contributed by atoms with E-state index in [4.69, 9.17) is 21.1 Å². The van der Waals surface area contributed by atoms with E-state index in [1.165, 1.54) is 5.57 Å². The number of hydrogen-bond donors (Lipinski definition) is 1. The molecular weight excluding hydrogens is 460 g/mol. The summed E-state index contributed by atoms with van der Waals surface area (Å²) in [5.41, 5.74) is 3.47. The first-order chi connectivity index (χ1) is 17.1. The van der Waals surface area contributed by atoms with Crippen molar-refractivity contribution >= 4 is 17.2 Å². The fraction of sp³-hybridized carbons (Fsp3) is 0.345. The number of nitrogens with zero attached hydrogens (tertiary/aromatic N) is 2. The Balaban J connectivity index is 1.29. The average Bonchev–Trinajstić information content (AvgIpc) is 3.03. The van der Waals surface area contributed by atoms with Gasteiger partial charge in [-0.1, -0.05) is 35.9 Å². The molecule has 5 rings (SSSR count). The molecule has 0 amide bonds. The topological polar surface area (TPSA) is 54.8 Å². The summed E-state index contributed by atoms with van der Waals surface area (Å²) >= 11 is 6.02. The van der Waals surface area contributed by atoms with Crippen molar-refractivity contribution in [1.82, 2.24) is 9.88 Å². The van der Waals surface area contributed by atoms with Crippen molar-refractivity contribution < 1.29 is 14.6 Å². The number of allylic oxidation sites excluding steroid dienone is 1. The van der Waals surface area contributed by atoms with Gasteiger partial charge in [0.05, 0.1) is 12.2 Å². The minimum atomic E-state index is -0.776. The second-order valence-electron chi connectivity index (χ2n) is 9.20. The molecule has 35 heavy (non-hydrogen) atoms. The number of aromatic nitrogens is 1. The van der Waals surface area contributed by atoms with Gasteiger partial charge in [-0.25, -0.2) is 4.98 Å². The third-order valence-electron chi connectivity index (χ3n) is 6.98. The van der Waals surface area contributed by atoms with Gasteiger partial charge in [-0.15, -0.1) is 0 Å². The molecule has 1 fully saturated rings. The number of piperidine rings is 1. The highest BCUT2D eigenvalue weighted by atomic mass is 35.5. The van der Waals surface area contributed by atoms with Crippen LogP contribution in [0.2, 0.25) is 5.02 Å². The Morgan fingerprint density at radius 3 is 2.69 bits per heavy atom. The number of likely N-dealkylation sites (tertiary alicyclic amines) is 1. The van der Waals surface area contributed by atoms with Crippen molar-refractivity contribution in [3.05, 3.63) is 88.6 Å². The molecule has 3 aromatic rings. The van der Waals surface area contributed by atoms with Crippen LogP contribution in [0.3, 0.4) is 0 Å². The lowest BCUT2D eigenvalue weighted by molar-refractivity contribution is -0.0254. The SMILES string of the molecule is CCOc1cccc2c1CC(=CCCN1CCC(O)(c3ccc(Cl)cc3)CC1)c1cccnc1O2. The van der Waals surface area contributed by atoms with Gasteiger partial charge in [0.2, 0.25) is 5.88 Å². The van der Waals surface area contributed by atoms with Gasteiger partial charge in [0.15, 0.2) is 0 Å². The van der Waals surface area contributed by atoms with Gasteiger partial charge >= 0.3 is 0 Å². The van der Waals surface area contributed by atoms with E-state index in [2.05, 4.69) is 22.0 Å². The van der Waals surface area contributed by atoms with Crippen molar-refractivity contribution in [2.45, 2.75) is 38.2 Å². The van der Waals surface area contributed by atoms with Crippen LogP contribution in [0.5, 0.6) is 17.4 Å². The van der Waals surface area contributed by atoms with Crippen LogP contribution < -0.4 is 9.47 Å². The molecule has 2 aromatic carbocycles. The molecule has 2 aliphatic heterocycles. The smallest absolute Gasteiger partial charge is 0.226 e. The molecule has 0 aliphatic carbocycles. The van der Waals surface area contributed by atoms with Gasteiger partial charge < -0.3 is 19.5 Å². The summed E-state index contributed by atoms with van der Waals surface area (Å²) in [5, 5.41) is 11.9. The van der Waals surface area contributed by atoms with Crippen LogP contribution in [0.25, 0.3) is 5.57 Å². The third-order valence-corrected chi connectivity index (χ3v) is 7.23. The predicted octanol–water partition coefficient (Wildman–Crippen LogP) is 6.24. The van der Waals surface area contributed by atoms with Crippen molar-refractivity contribution in [3.8, 4) is 17.4 Å². The molecule has 1 aromatic heterocycles. The largest absolute Gasteiger partial charge is 0.493 e. The molecule has 6 heteroatoms. The fourth-order valence-corrected chi connectivity index (χ4v) is 5.14. The van der Waals surface area contributed by atoms with Crippen molar-refractivity contribution in [2.75, 3.05) is 26.2 Å². The number of ether oxygens (including phenoxy) is 2. The average molecular weight is 491 g/mol. The maximum atomic E-state index is 11.2. The van der Waals surface area contributed by atoms with Gasteiger partial charge in [-0.2, -0.15) is 0 Å². The lowest BCUT2D eigenvalue weighted by Gasteiger charge is -2.38. The van der Waals surface area contributed by atoms with Gasteiger partial charge in [0, 0.05) is 48.4 Å². The van der Waals surface area contributed by atoms with Crippen LogP contribution in [-0.2, 0) is 12.0 Å². The van der Waals surface area contributed by atoms with Gasteiger partial charge in [-0.05, 0) is 73.7 Å². The molecule has 0 radical (unpaired) electrons. The summed E-state index contributed by atoms with van der Waals surface area (Å²) < 4.78 is 12.1. The van der Waals surface area contributed by atoms with E-state index in [0.29, 0.717) is 17.5 Å². The lowest BCUT2D eigenvalue weighted by Crippen LogP contribution is -2.42. The molecule has 2 aliphatic rings. The Morgan fingerprint density at radius 2 is 1.91 bits per heavy atom. The van der Waals surface area contributed by atoms with Crippen molar-refractivity contribution in [3.63, 3.8) is 0 Å². The number of hydrogen-bond acceptors (Lipinski definition) is 5. The molecule has 0 spiro atoms. The molecule has 182 valence electrons. The second kappa shape index (κ2) is 10.4. The molecule has 5 nitrogen and oxygen atoms in total. The Bertz CT molecular complexity index is 1200. The molecule has 3 heterocycles. The fourth-order valence-electron chi connectivity index (χ4n) is 5.01. The highest BCUT2D eigenvalue weighted by molar-refractivity contribution is 6.30. The van der Waals surface area contributed by atoms with Gasteiger partial charge in [0.1, 0.15) is 11.5 Å². The normalized spacial score (nSPS) is 18.3. The Morgan fingerprint density at radius 1 is 1.11 bits per heavy atom. The second-order valence-corrected chi connectivity index (χ2v) is 9.64. The maximum absolute atomic E-state index is 11.2. The van der Waals surface area contributed by atoms with E-state index < -0.39 is 5.60 Å². The van der Waals surface area contributed by atoms with Crippen LogP contribution in [0, 0.1) is 0 Å². The van der Waals surface area contributed by atoms with Gasteiger partial charge in [-0.3, -0.25) is 0 Å². The van der Waals surface area contributed by atoms with Crippen LogP contribution >= 0.6 is 11.6 Å². The van der Waals surface area contributed by atoms with E-state index in [-0.39, 0.29) is 0 Å². The predicted molar refractivity (Wildman–Crippen MR) is 139 cm³/mol. The number of aliphatic hydroxyl groups is 1. The first-order valence-electron chi connectivity index (χ1n) is 12.3. The summed E-state index contributed by atoms with van der Waals surface area (Å²) in [6.45, 7) is 5.27. The number of halogens is 1. The Kier molecular flexibility index (Phi) is 7.09. The highest BCUT2D eigenvalue weighted by Crippen LogP contribution is 2.41. The molecular formula is C29H31ClN2O3. The highest BCUT2D eigenvalue weighted by Gasteiger charge is 2.33. The summed E-state index contributed by atoms with van der Waals surface area (Å²) in [6, 6.07) is 17.6. The van der Waals surface area contributed by atoms with Crippen LogP contribution in [0.15, 0.2) is 66.9 Å². The monoisotopic (exact) mass is 490 g/mol. The number of pyridine rings is 1. The minimum Gasteiger partial charge on any atom is -0.493 e. The summed E-state index contributed by atoms with van der Waals surface area (Å²) in [7, 11) is 0. The number of rotatable bonds is 6. The third kappa shape index (κ3) is 5.22. The zero-order chi connectivity index (χ0) is 24.3. The van der Waals surface area contributed by atoms with Crippen molar-refractivity contribution in [1.29, 1.82) is 0 Å². The maximum Gasteiger partial charge on any atom is 0.226 e. The lowest BCUT2D eigenvalue weighted by atomic mass is 9.84. The van der Waals surface area contributed by atoms with Crippen molar-refractivity contribution in [2.24, 2.45) is 0 Å². The first kappa shape index (κ1) is 23.9. The van der Waals surface area contributed by atoms with Crippen LogP contribution in [0.4, 0.5) is 0 Å². The number of fused-ring (bicyclic) bond motifs is 2. The van der Waals surface area contributed by atoms with E-state index in [1.807, 2.05) is 55.5 Å². The van der Waals surface area contributed by atoms with Gasteiger partial charge in [0.25, 0.3) is 0 Å². The zero-order valence-corrected chi connectivity index (χ0v) is 20.8. The molecule has 0 unspecified atom stereocenters. The summed E-state index contributed by atoms with van der Waals surface area (Å²) in [6.07, 6.45) is 7.16. The molecule has 1 saturated heterocycles. The zero-order valence-electron chi connectivity index (χ0n) is 20.0. The van der Waals surface area contributed by atoms with E-state index in [9.17, 15) is 5.11 Å². The van der Waals surface area contributed by atoms with E-state index in [0.717, 1.165) is 73.5 Å². The standard InChI is InChI=1S/C29H31ClN2O3/c1-2-34-26-8-3-9-27-25(26)20-21(24-7-4-16-31-28(24)35-27)6-5-17-32-18-14-29(33,15-19-32)22-10-12-23(30)13-11-22/h3-4,6-13,16,33H,2,5,14-15,17-20H2,1H3. The Labute approximate surface area is 212 Å².